The maximum absolute atomic E-state index is 6.16. The molecule has 2 N–H and O–H groups in total. The van der Waals surface area contributed by atoms with Crippen molar-refractivity contribution in [3.63, 3.8) is 0 Å². The number of halogens is 2. The third-order valence-electron chi connectivity index (χ3n) is 3.56. The van der Waals surface area contributed by atoms with Gasteiger partial charge in [-0.3, -0.25) is 0 Å². The molecule has 1 aliphatic rings. The zero-order valence-corrected chi connectivity index (χ0v) is 12.3. The second kappa shape index (κ2) is 5.54. The maximum atomic E-state index is 6.16. The van der Waals surface area contributed by atoms with Crippen LogP contribution in [-0.2, 0) is 0 Å². The van der Waals surface area contributed by atoms with Crippen LogP contribution >= 0.6 is 23.2 Å². The summed E-state index contributed by atoms with van der Waals surface area (Å²) in [6.45, 7) is 0. The van der Waals surface area contributed by atoms with Crippen molar-refractivity contribution in [3.8, 4) is 11.5 Å². The molecular formula is C14H14Cl2N4. The second-order valence-electron chi connectivity index (χ2n) is 5.01. The minimum Gasteiger partial charge on any atom is -0.384 e. The Hall–Kier alpha value is -1.39. The van der Waals surface area contributed by atoms with Gasteiger partial charge in [0.05, 0.1) is 10.0 Å². The van der Waals surface area contributed by atoms with Gasteiger partial charge >= 0.3 is 0 Å². The highest BCUT2D eigenvalue weighted by Gasteiger charge is 2.20. The van der Waals surface area contributed by atoms with Crippen molar-refractivity contribution in [2.45, 2.75) is 31.6 Å². The van der Waals surface area contributed by atoms with Crippen LogP contribution in [0.3, 0.4) is 0 Å². The van der Waals surface area contributed by atoms with Crippen LogP contribution in [0, 0.1) is 0 Å². The molecule has 2 aromatic rings. The molecule has 0 saturated heterocycles. The van der Waals surface area contributed by atoms with E-state index in [0.29, 0.717) is 33.3 Å². The van der Waals surface area contributed by atoms with Gasteiger partial charge in [-0.25, -0.2) is 15.0 Å². The fourth-order valence-electron chi connectivity index (χ4n) is 2.60. The predicted octanol–water partition coefficient (Wildman–Crippen LogP) is 4.09. The van der Waals surface area contributed by atoms with E-state index in [1.54, 1.807) is 6.07 Å². The summed E-state index contributed by atoms with van der Waals surface area (Å²) in [5, 5.41) is 0.916. The topological polar surface area (TPSA) is 64.7 Å². The Balaban J connectivity index is 2.04. The van der Waals surface area contributed by atoms with Gasteiger partial charge in [-0.05, 0) is 18.9 Å². The lowest BCUT2D eigenvalue weighted by molar-refractivity contribution is 0.696. The molecule has 0 unspecified atom stereocenters. The quantitative estimate of drug-likeness (QED) is 0.907. The second-order valence-corrected chi connectivity index (χ2v) is 5.85. The van der Waals surface area contributed by atoms with E-state index in [0.717, 1.165) is 18.5 Å². The van der Waals surface area contributed by atoms with Gasteiger partial charge in [0.15, 0.2) is 5.82 Å². The Morgan fingerprint density at radius 3 is 2.55 bits per heavy atom. The van der Waals surface area contributed by atoms with Crippen LogP contribution in [0.2, 0.25) is 10.0 Å². The molecule has 0 amide bonds. The molecule has 1 saturated carbocycles. The first-order valence-electron chi connectivity index (χ1n) is 6.59. The van der Waals surface area contributed by atoms with Crippen molar-refractivity contribution in [3.05, 3.63) is 34.1 Å². The van der Waals surface area contributed by atoms with Gasteiger partial charge in [-0.15, -0.1) is 0 Å². The van der Waals surface area contributed by atoms with Crippen LogP contribution in [0.4, 0.5) is 5.82 Å². The average Bonchev–Trinajstić information content (AvgIpc) is 2.91. The monoisotopic (exact) mass is 308 g/mol. The minimum atomic E-state index is 0.431. The Morgan fingerprint density at radius 1 is 1.10 bits per heavy atom. The molecule has 104 valence electrons. The van der Waals surface area contributed by atoms with Crippen molar-refractivity contribution < 1.29 is 0 Å². The van der Waals surface area contributed by atoms with Crippen molar-refractivity contribution in [2.24, 2.45) is 0 Å². The van der Waals surface area contributed by atoms with Crippen molar-refractivity contribution in [1.29, 1.82) is 0 Å². The predicted molar refractivity (Wildman–Crippen MR) is 80.9 cm³/mol. The van der Waals surface area contributed by atoms with E-state index in [1.165, 1.54) is 19.0 Å². The molecule has 0 radical (unpaired) electrons. The van der Waals surface area contributed by atoms with Crippen LogP contribution in [0.5, 0.6) is 0 Å². The first-order chi connectivity index (χ1) is 9.63. The summed E-state index contributed by atoms with van der Waals surface area (Å²) in [7, 11) is 0. The first kappa shape index (κ1) is 13.6. The SMILES string of the molecule is Nc1cc(C2CCCC2)nc(-c2ncc(Cl)cc2Cl)n1. The van der Waals surface area contributed by atoms with E-state index >= 15 is 0 Å². The molecule has 1 aliphatic carbocycles. The number of hydrogen-bond donors (Lipinski definition) is 1. The highest BCUT2D eigenvalue weighted by molar-refractivity contribution is 6.35. The van der Waals surface area contributed by atoms with Gasteiger partial charge in [-0.2, -0.15) is 0 Å². The molecule has 2 heterocycles. The lowest BCUT2D eigenvalue weighted by atomic mass is 10.0. The van der Waals surface area contributed by atoms with Crippen molar-refractivity contribution >= 4 is 29.0 Å². The van der Waals surface area contributed by atoms with Crippen LogP contribution in [0.25, 0.3) is 11.5 Å². The van der Waals surface area contributed by atoms with Gasteiger partial charge in [0, 0.05) is 23.9 Å². The lowest BCUT2D eigenvalue weighted by Gasteiger charge is -2.11. The lowest BCUT2D eigenvalue weighted by Crippen LogP contribution is -2.04. The molecule has 1 fully saturated rings. The third kappa shape index (κ3) is 2.72. The normalized spacial score (nSPS) is 15.7. The van der Waals surface area contributed by atoms with Gasteiger partial charge in [0.2, 0.25) is 0 Å². The van der Waals surface area contributed by atoms with E-state index in [1.807, 2.05) is 6.07 Å². The number of nitrogens with zero attached hydrogens (tertiary/aromatic N) is 3. The number of anilines is 1. The Kier molecular flexibility index (Phi) is 3.76. The number of hydrogen-bond acceptors (Lipinski definition) is 4. The van der Waals surface area contributed by atoms with Crippen molar-refractivity contribution in [1.82, 2.24) is 15.0 Å². The fourth-order valence-corrected chi connectivity index (χ4v) is 3.07. The van der Waals surface area contributed by atoms with Gasteiger partial charge < -0.3 is 5.73 Å². The molecule has 0 aliphatic heterocycles. The van der Waals surface area contributed by atoms with Gasteiger partial charge in [-0.1, -0.05) is 36.0 Å². The molecule has 3 rings (SSSR count). The summed E-state index contributed by atoms with van der Waals surface area (Å²) < 4.78 is 0. The summed E-state index contributed by atoms with van der Waals surface area (Å²) in [6, 6.07) is 3.48. The number of aromatic nitrogens is 3. The molecule has 0 bridgehead atoms. The highest BCUT2D eigenvalue weighted by atomic mass is 35.5. The summed E-state index contributed by atoms with van der Waals surface area (Å²) in [5.41, 5.74) is 7.40. The summed E-state index contributed by atoms with van der Waals surface area (Å²) in [5.74, 6) is 1.38. The molecule has 6 heteroatoms. The minimum absolute atomic E-state index is 0.431. The summed E-state index contributed by atoms with van der Waals surface area (Å²) in [6.07, 6.45) is 6.31. The van der Waals surface area contributed by atoms with E-state index < -0.39 is 0 Å². The maximum Gasteiger partial charge on any atom is 0.181 e. The molecular weight excluding hydrogens is 295 g/mol. The Bertz CT molecular complexity index is 639. The molecule has 0 atom stereocenters. The van der Waals surface area contributed by atoms with Gasteiger partial charge in [0.1, 0.15) is 11.5 Å². The first-order valence-corrected chi connectivity index (χ1v) is 7.35. The van der Waals surface area contributed by atoms with E-state index in [4.69, 9.17) is 28.9 Å². The zero-order chi connectivity index (χ0) is 14.1. The fraction of sp³-hybridized carbons (Fsp3) is 0.357. The third-order valence-corrected chi connectivity index (χ3v) is 4.05. The van der Waals surface area contributed by atoms with Crippen LogP contribution in [0.1, 0.15) is 37.3 Å². The number of nitrogen functional groups attached to an aromatic ring is 1. The Morgan fingerprint density at radius 2 is 1.85 bits per heavy atom. The van der Waals surface area contributed by atoms with E-state index in [9.17, 15) is 0 Å². The number of pyridine rings is 1. The van der Waals surface area contributed by atoms with Gasteiger partial charge in [0.25, 0.3) is 0 Å². The standard InChI is InChI=1S/C14H14Cl2N4/c15-9-5-10(16)13(18-7-9)14-19-11(6-12(17)20-14)8-3-1-2-4-8/h5-8H,1-4H2,(H2,17,19,20). The molecule has 2 aromatic heterocycles. The molecule has 4 nitrogen and oxygen atoms in total. The highest BCUT2D eigenvalue weighted by Crippen LogP contribution is 2.35. The Labute approximate surface area is 127 Å². The molecule has 0 spiro atoms. The summed E-state index contributed by atoms with van der Waals surface area (Å²) in [4.78, 5) is 13.1. The van der Waals surface area contributed by atoms with Crippen LogP contribution < -0.4 is 5.73 Å². The molecule has 20 heavy (non-hydrogen) atoms. The largest absolute Gasteiger partial charge is 0.384 e. The van der Waals surface area contributed by atoms with E-state index in [-0.39, 0.29) is 0 Å². The van der Waals surface area contributed by atoms with Crippen LogP contribution in [-0.4, -0.2) is 15.0 Å². The van der Waals surface area contributed by atoms with Crippen LogP contribution in [0.15, 0.2) is 18.3 Å². The molecule has 0 aromatic carbocycles. The summed E-state index contributed by atoms with van der Waals surface area (Å²) >= 11 is 12.0. The van der Waals surface area contributed by atoms with E-state index in [2.05, 4.69) is 15.0 Å². The average molecular weight is 309 g/mol. The number of nitrogens with two attached hydrogens (primary N) is 1. The smallest absolute Gasteiger partial charge is 0.181 e. The number of rotatable bonds is 2. The van der Waals surface area contributed by atoms with Crippen molar-refractivity contribution in [2.75, 3.05) is 5.73 Å². The zero-order valence-electron chi connectivity index (χ0n) is 10.8.